The summed E-state index contributed by atoms with van der Waals surface area (Å²) in [6, 6.07) is 13.3. The number of para-hydroxylation sites is 2. The summed E-state index contributed by atoms with van der Waals surface area (Å²) in [5.74, 6) is -1.31. The Morgan fingerprint density at radius 3 is 2.54 bits per heavy atom. The number of hydrogen-bond donors (Lipinski definition) is 1. The average Bonchev–Trinajstić information content (AvgIpc) is 2.60. The number of carbonyl (C=O) groups excluding carboxylic acids is 2. The van der Waals surface area contributed by atoms with Crippen LogP contribution < -0.4 is 10.1 Å². The number of nitrogens with one attached hydrogen (secondary N) is 1. The molecule has 0 aliphatic carbocycles. The van der Waals surface area contributed by atoms with Crippen LogP contribution in [0.1, 0.15) is 5.56 Å². The maximum atomic E-state index is 12.3. The van der Waals surface area contributed by atoms with Crippen LogP contribution in [-0.4, -0.2) is 30.8 Å². The number of hydrogen-bond acceptors (Lipinski definition) is 5. The third kappa shape index (κ3) is 6.36. The van der Waals surface area contributed by atoms with Gasteiger partial charge in [0.05, 0.1) is 11.4 Å². The zero-order valence-corrected chi connectivity index (χ0v) is 14.7. The Labute approximate surface area is 153 Å². The van der Waals surface area contributed by atoms with E-state index in [1.807, 2.05) is 31.2 Å². The maximum absolute atomic E-state index is 12.3. The van der Waals surface area contributed by atoms with Crippen molar-refractivity contribution in [2.75, 3.05) is 17.7 Å². The molecule has 0 radical (unpaired) electrons. The molecule has 8 heteroatoms. The summed E-state index contributed by atoms with van der Waals surface area (Å²) in [5.41, 5.74) is 1.11. The van der Waals surface area contributed by atoms with Crippen LogP contribution in [0.5, 0.6) is 5.75 Å². The highest BCUT2D eigenvalue weighted by molar-refractivity contribution is 8.00. The SMILES string of the molecule is Cc1ccccc1SCC(=O)OCC(=O)Nc1ccccc1OC(F)F. The summed E-state index contributed by atoms with van der Waals surface area (Å²) in [4.78, 5) is 24.5. The molecule has 0 heterocycles. The fourth-order valence-corrected chi connectivity index (χ4v) is 2.82. The predicted octanol–water partition coefficient (Wildman–Crippen LogP) is 3.87. The second-order valence-corrected chi connectivity index (χ2v) is 6.15. The summed E-state index contributed by atoms with van der Waals surface area (Å²) < 4.78 is 33.9. The lowest BCUT2D eigenvalue weighted by Crippen LogP contribution is -2.22. The lowest BCUT2D eigenvalue weighted by molar-refractivity contribution is -0.144. The molecular weight excluding hydrogens is 364 g/mol. The van der Waals surface area contributed by atoms with Gasteiger partial charge in [-0.15, -0.1) is 11.8 Å². The van der Waals surface area contributed by atoms with E-state index < -0.39 is 25.1 Å². The molecule has 26 heavy (non-hydrogen) atoms. The molecule has 0 aliphatic heterocycles. The van der Waals surface area contributed by atoms with E-state index in [0.29, 0.717) is 0 Å². The van der Waals surface area contributed by atoms with Crippen LogP contribution in [0.3, 0.4) is 0 Å². The van der Waals surface area contributed by atoms with Crippen LogP contribution in [0, 0.1) is 6.92 Å². The van der Waals surface area contributed by atoms with Crippen LogP contribution in [0.4, 0.5) is 14.5 Å². The molecule has 1 N–H and O–H groups in total. The summed E-state index contributed by atoms with van der Waals surface area (Å²) in [6.45, 7) is -1.60. The number of ether oxygens (including phenoxy) is 2. The lowest BCUT2D eigenvalue weighted by Gasteiger charge is -2.11. The van der Waals surface area contributed by atoms with Crippen molar-refractivity contribution in [1.82, 2.24) is 0 Å². The lowest BCUT2D eigenvalue weighted by atomic mass is 10.2. The summed E-state index contributed by atoms with van der Waals surface area (Å²) in [7, 11) is 0. The van der Waals surface area contributed by atoms with Gasteiger partial charge in [-0.25, -0.2) is 0 Å². The number of anilines is 1. The van der Waals surface area contributed by atoms with Crippen molar-refractivity contribution in [3.63, 3.8) is 0 Å². The molecule has 0 aliphatic rings. The topological polar surface area (TPSA) is 64.6 Å². The van der Waals surface area contributed by atoms with Crippen molar-refractivity contribution in [1.29, 1.82) is 0 Å². The molecule has 0 spiro atoms. The van der Waals surface area contributed by atoms with Crippen molar-refractivity contribution in [3.8, 4) is 5.75 Å². The first-order valence-corrected chi connectivity index (χ1v) is 8.62. The third-order valence-electron chi connectivity index (χ3n) is 3.18. The Morgan fingerprint density at radius 1 is 1.12 bits per heavy atom. The molecule has 5 nitrogen and oxygen atoms in total. The van der Waals surface area contributed by atoms with Crippen molar-refractivity contribution < 1.29 is 27.8 Å². The van der Waals surface area contributed by atoms with Gasteiger partial charge in [-0.1, -0.05) is 30.3 Å². The highest BCUT2D eigenvalue weighted by atomic mass is 32.2. The monoisotopic (exact) mass is 381 g/mol. The summed E-state index contributed by atoms with van der Waals surface area (Å²) in [6.07, 6.45) is 0. The first-order valence-electron chi connectivity index (χ1n) is 7.63. The highest BCUT2D eigenvalue weighted by Gasteiger charge is 2.13. The molecule has 2 aromatic rings. The Morgan fingerprint density at radius 2 is 1.81 bits per heavy atom. The molecule has 0 aromatic heterocycles. The number of esters is 1. The number of amides is 1. The zero-order valence-electron chi connectivity index (χ0n) is 13.9. The highest BCUT2D eigenvalue weighted by Crippen LogP contribution is 2.25. The third-order valence-corrected chi connectivity index (χ3v) is 4.33. The van der Waals surface area contributed by atoms with E-state index in [-0.39, 0.29) is 17.2 Å². The van der Waals surface area contributed by atoms with Crippen LogP contribution in [0.25, 0.3) is 0 Å². The van der Waals surface area contributed by atoms with Crippen molar-refractivity contribution in [2.24, 2.45) is 0 Å². The largest absolute Gasteiger partial charge is 0.455 e. The van der Waals surface area contributed by atoms with Gasteiger partial charge in [-0.05, 0) is 30.7 Å². The molecule has 2 rings (SSSR count). The molecule has 0 atom stereocenters. The van der Waals surface area contributed by atoms with E-state index in [4.69, 9.17) is 4.74 Å². The Bertz CT molecular complexity index is 770. The van der Waals surface area contributed by atoms with E-state index in [2.05, 4.69) is 10.1 Å². The minimum Gasteiger partial charge on any atom is -0.455 e. The van der Waals surface area contributed by atoms with Crippen LogP contribution in [-0.2, 0) is 14.3 Å². The van der Waals surface area contributed by atoms with Crippen LogP contribution in [0.15, 0.2) is 53.4 Å². The molecule has 1 amide bonds. The molecule has 2 aromatic carbocycles. The fraction of sp³-hybridized carbons (Fsp3) is 0.222. The van der Waals surface area contributed by atoms with Gasteiger partial charge in [0.25, 0.3) is 5.91 Å². The van der Waals surface area contributed by atoms with Gasteiger partial charge in [0, 0.05) is 4.90 Å². The van der Waals surface area contributed by atoms with E-state index in [1.54, 1.807) is 6.07 Å². The number of alkyl halides is 2. The Kier molecular flexibility index (Phi) is 7.40. The van der Waals surface area contributed by atoms with Crippen molar-refractivity contribution in [2.45, 2.75) is 18.4 Å². The number of aryl methyl sites for hydroxylation is 1. The molecule has 0 saturated carbocycles. The molecule has 138 valence electrons. The Hall–Kier alpha value is -2.61. The van der Waals surface area contributed by atoms with Crippen molar-refractivity contribution >= 4 is 29.3 Å². The zero-order chi connectivity index (χ0) is 18.9. The van der Waals surface area contributed by atoms with E-state index in [0.717, 1.165) is 10.5 Å². The molecule has 0 unspecified atom stereocenters. The summed E-state index contributed by atoms with van der Waals surface area (Å²) in [5, 5.41) is 2.37. The van der Waals surface area contributed by atoms with Gasteiger partial charge in [-0.2, -0.15) is 8.78 Å². The fourth-order valence-electron chi connectivity index (χ4n) is 2.00. The number of benzene rings is 2. The van der Waals surface area contributed by atoms with Gasteiger partial charge in [-0.3, -0.25) is 9.59 Å². The van der Waals surface area contributed by atoms with E-state index >= 15 is 0 Å². The molecule has 0 fully saturated rings. The normalized spacial score (nSPS) is 10.5. The average molecular weight is 381 g/mol. The number of carbonyl (C=O) groups is 2. The molecule has 0 saturated heterocycles. The van der Waals surface area contributed by atoms with Crippen LogP contribution >= 0.6 is 11.8 Å². The smallest absolute Gasteiger partial charge is 0.387 e. The second kappa shape index (κ2) is 9.76. The van der Waals surface area contributed by atoms with E-state index in [1.165, 1.54) is 30.0 Å². The first-order chi connectivity index (χ1) is 12.5. The van der Waals surface area contributed by atoms with Gasteiger partial charge < -0.3 is 14.8 Å². The quantitative estimate of drug-likeness (QED) is 0.556. The van der Waals surface area contributed by atoms with Gasteiger partial charge >= 0.3 is 12.6 Å². The van der Waals surface area contributed by atoms with Gasteiger partial charge in [0.15, 0.2) is 6.61 Å². The minimum absolute atomic E-state index is 0.0587. The maximum Gasteiger partial charge on any atom is 0.387 e. The second-order valence-electron chi connectivity index (χ2n) is 5.14. The Balaban J connectivity index is 1.80. The minimum atomic E-state index is -3.01. The van der Waals surface area contributed by atoms with E-state index in [9.17, 15) is 18.4 Å². The summed E-state index contributed by atoms with van der Waals surface area (Å²) >= 11 is 1.31. The molecular formula is C18H17F2NO4S. The first kappa shape index (κ1) is 19.7. The molecule has 0 bridgehead atoms. The number of halogens is 2. The van der Waals surface area contributed by atoms with Gasteiger partial charge in [0.1, 0.15) is 5.75 Å². The number of thioether (sulfide) groups is 1. The standard InChI is InChI=1S/C18H17F2NO4S/c1-12-6-2-5-9-15(12)26-11-17(23)24-10-16(22)21-13-7-3-4-8-14(13)25-18(19)20/h2-9,18H,10-11H2,1H3,(H,21,22). The number of rotatable bonds is 8. The van der Waals surface area contributed by atoms with Gasteiger partial charge in [0.2, 0.25) is 0 Å². The van der Waals surface area contributed by atoms with Crippen LogP contribution in [0.2, 0.25) is 0 Å². The van der Waals surface area contributed by atoms with Crippen molar-refractivity contribution in [3.05, 3.63) is 54.1 Å². The predicted molar refractivity (Wildman–Crippen MR) is 94.6 cm³/mol.